The first-order chi connectivity index (χ1) is 13.8. The number of aromatic nitrogens is 1. The highest BCUT2D eigenvalue weighted by Crippen LogP contribution is 2.20. The van der Waals surface area contributed by atoms with E-state index in [0.29, 0.717) is 0 Å². The van der Waals surface area contributed by atoms with Gasteiger partial charge < -0.3 is 4.90 Å². The molecule has 0 spiro atoms. The number of aryl methyl sites for hydroxylation is 1. The summed E-state index contributed by atoms with van der Waals surface area (Å²) in [6.07, 6.45) is 8.67. The zero-order valence-corrected chi connectivity index (χ0v) is 17.6. The highest BCUT2D eigenvalue weighted by Gasteiger charge is 2.07. The number of nitrogens with zero attached hydrogens (tertiary/aromatic N) is 2. The van der Waals surface area contributed by atoms with Gasteiger partial charge in [0.05, 0.1) is 0 Å². The van der Waals surface area contributed by atoms with Crippen molar-refractivity contribution in [1.82, 2.24) is 0 Å². The van der Waals surface area contributed by atoms with E-state index in [9.17, 15) is 0 Å². The first-order valence-electron chi connectivity index (χ1n) is 9.84. The highest BCUT2D eigenvalue weighted by molar-refractivity contribution is 7.98. The molecule has 2 aromatic carbocycles. The number of benzene rings is 2. The monoisotopic (exact) mass is 389 g/mol. The summed E-state index contributed by atoms with van der Waals surface area (Å²) in [5.74, 6) is 1.12. The Morgan fingerprint density at radius 1 is 0.893 bits per heavy atom. The van der Waals surface area contributed by atoms with Crippen LogP contribution in [0.25, 0.3) is 12.2 Å². The Labute approximate surface area is 173 Å². The summed E-state index contributed by atoms with van der Waals surface area (Å²) in [6, 6.07) is 25.9. The lowest BCUT2D eigenvalue weighted by Gasteiger charge is -2.25. The molecule has 0 saturated heterocycles. The molecule has 0 aliphatic carbocycles. The summed E-state index contributed by atoms with van der Waals surface area (Å²) in [5, 5.41) is 0. The number of anilines is 1. The van der Waals surface area contributed by atoms with Crippen LogP contribution in [0.4, 0.5) is 5.69 Å². The van der Waals surface area contributed by atoms with E-state index in [0.717, 1.165) is 25.4 Å². The minimum Gasteiger partial charge on any atom is -0.366 e. The van der Waals surface area contributed by atoms with Gasteiger partial charge >= 0.3 is 0 Å². The standard InChI is InChI=1S/C25H29N2S/c1-3-26-18-8-7-11-24(26)15-12-22-13-16-25(17-14-22)27(19-20-28-2)21-23-9-5-4-6-10-23/h4-18H,3,19-21H2,1-2H3/q+1. The number of hydrogen-bond acceptors (Lipinski definition) is 2. The van der Waals surface area contributed by atoms with E-state index in [2.05, 4.69) is 114 Å². The molecule has 0 aliphatic rings. The van der Waals surface area contributed by atoms with Gasteiger partial charge in [-0.2, -0.15) is 16.3 Å². The molecule has 0 atom stereocenters. The molecule has 3 rings (SSSR count). The highest BCUT2D eigenvalue weighted by atomic mass is 32.2. The number of pyridine rings is 1. The second kappa shape index (κ2) is 10.7. The van der Waals surface area contributed by atoms with Crippen LogP contribution in [0.1, 0.15) is 23.7 Å². The average Bonchev–Trinajstić information content (AvgIpc) is 2.76. The van der Waals surface area contributed by atoms with Gasteiger partial charge in [-0.15, -0.1) is 0 Å². The Balaban J connectivity index is 1.74. The molecule has 1 aromatic heterocycles. The fraction of sp³-hybridized carbons (Fsp3) is 0.240. The average molecular weight is 390 g/mol. The Morgan fingerprint density at radius 3 is 2.36 bits per heavy atom. The molecule has 0 amide bonds. The van der Waals surface area contributed by atoms with Crippen LogP contribution in [0.2, 0.25) is 0 Å². The van der Waals surface area contributed by atoms with E-state index in [1.807, 2.05) is 11.8 Å². The molecular weight excluding hydrogens is 360 g/mol. The van der Waals surface area contributed by atoms with Gasteiger partial charge in [0.15, 0.2) is 6.20 Å². The summed E-state index contributed by atoms with van der Waals surface area (Å²) in [4.78, 5) is 2.46. The molecule has 0 N–H and O–H groups in total. The van der Waals surface area contributed by atoms with Gasteiger partial charge in [0, 0.05) is 42.7 Å². The van der Waals surface area contributed by atoms with Crippen molar-refractivity contribution in [2.45, 2.75) is 20.0 Å². The zero-order chi connectivity index (χ0) is 19.6. The molecular formula is C25H29N2S+. The summed E-state index contributed by atoms with van der Waals surface area (Å²) < 4.78 is 2.24. The molecule has 3 heteroatoms. The van der Waals surface area contributed by atoms with Crippen molar-refractivity contribution in [1.29, 1.82) is 0 Å². The number of thioether (sulfide) groups is 1. The van der Waals surface area contributed by atoms with E-state index < -0.39 is 0 Å². The third kappa shape index (κ3) is 5.74. The molecule has 0 bridgehead atoms. The van der Waals surface area contributed by atoms with Gasteiger partial charge in [-0.05, 0) is 48.6 Å². The fourth-order valence-corrected chi connectivity index (χ4v) is 3.61. The van der Waals surface area contributed by atoms with Crippen LogP contribution in [0.15, 0.2) is 79.0 Å². The molecule has 3 aromatic rings. The molecule has 0 unspecified atom stereocenters. The Kier molecular flexibility index (Phi) is 7.74. The smallest absolute Gasteiger partial charge is 0.205 e. The molecule has 1 heterocycles. The van der Waals surface area contributed by atoms with Crippen molar-refractivity contribution in [2.75, 3.05) is 23.5 Å². The van der Waals surface area contributed by atoms with E-state index in [-0.39, 0.29) is 0 Å². The van der Waals surface area contributed by atoms with Crippen molar-refractivity contribution in [3.63, 3.8) is 0 Å². The van der Waals surface area contributed by atoms with E-state index in [1.165, 1.54) is 22.5 Å². The number of rotatable bonds is 9. The first kappa shape index (κ1) is 20.2. The van der Waals surface area contributed by atoms with Crippen molar-refractivity contribution in [3.8, 4) is 0 Å². The topological polar surface area (TPSA) is 7.12 Å². The summed E-state index contributed by atoms with van der Waals surface area (Å²) in [7, 11) is 0. The van der Waals surface area contributed by atoms with E-state index in [4.69, 9.17) is 0 Å². The zero-order valence-electron chi connectivity index (χ0n) is 16.8. The van der Waals surface area contributed by atoms with Crippen molar-refractivity contribution in [2.24, 2.45) is 0 Å². The summed E-state index contributed by atoms with van der Waals surface area (Å²) in [5.41, 5.74) is 5.07. The van der Waals surface area contributed by atoms with Crippen LogP contribution in [-0.2, 0) is 13.1 Å². The minimum atomic E-state index is 0.942. The third-order valence-electron chi connectivity index (χ3n) is 4.80. The molecule has 0 aliphatic heterocycles. The largest absolute Gasteiger partial charge is 0.366 e. The molecule has 0 saturated carbocycles. The lowest BCUT2D eigenvalue weighted by atomic mass is 10.1. The Hall–Kier alpha value is -2.52. The van der Waals surface area contributed by atoms with Gasteiger partial charge in [0.1, 0.15) is 6.54 Å². The van der Waals surface area contributed by atoms with Crippen molar-refractivity contribution < 1.29 is 4.57 Å². The Morgan fingerprint density at radius 2 is 1.64 bits per heavy atom. The number of hydrogen-bond donors (Lipinski definition) is 0. The van der Waals surface area contributed by atoms with Crippen LogP contribution >= 0.6 is 11.8 Å². The molecule has 28 heavy (non-hydrogen) atoms. The quantitative estimate of drug-likeness (QED) is 0.444. The summed E-state index contributed by atoms with van der Waals surface area (Å²) >= 11 is 1.89. The van der Waals surface area contributed by atoms with Crippen molar-refractivity contribution >= 4 is 29.6 Å². The lowest BCUT2D eigenvalue weighted by molar-refractivity contribution is -0.695. The second-order valence-corrected chi connectivity index (χ2v) is 7.72. The Bertz CT molecular complexity index is 873. The summed E-state index contributed by atoms with van der Waals surface area (Å²) in [6.45, 7) is 5.13. The van der Waals surface area contributed by atoms with Gasteiger partial charge in [0.25, 0.3) is 0 Å². The van der Waals surface area contributed by atoms with Crippen LogP contribution in [0.5, 0.6) is 0 Å². The lowest BCUT2D eigenvalue weighted by Crippen LogP contribution is -2.34. The van der Waals surface area contributed by atoms with Gasteiger partial charge in [-0.1, -0.05) is 42.5 Å². The van der Waals surface area contributed by atoms with E-state index in [1.54, 1.807) is 0 Å². The van der Waals surface area contributed by atoms with Crippen LogP contribution < -0.4 is 9.47 Å². The first-order valence-corrected chi connectivity index (χ1v) is 11.2. The predicted octanol–water partition coefficient (Wildman–Crippen LogP) is 5.53. The van der Waals surface area contributed by atoms with Crippen LogP contribution in [0, 0.1) is 0 Å². The third-order valence-corrected chi connectivity index (χ3v) is 5.39. The van der Waals surface area contributed by atoms with E-state index >= 15 is 0 Å². The normalized spacial score (nSPS) is 11.1. The SMILES string of the molecule is CC[n+]1ccccc1/C=C/c1ccc(N(CCSC)Cc2ccccc2)cc1. The van der Waals surface area contributed by atoms with Crippen LogP contribution in [-0.4, -0.2) is 18.6 Å². The second-order valence-electron chi connectivity index (χ2n) is 6.74. The minimum absolute atomic E-state index is 0.942. The fourth-order valence-electron chi connectivity index (χ4n) is 3.21. The van der Waals surface area contributed by atoms with Gasteiger partial charge in [-0.3, -0.25) is 0 Å². The maximum Gasteiger partial charge on any atom is 0.205 e. The maximum absolute atomic E-state index is 2.46. The van der Waals surface area contributed by atoms with Crippen molar-refractivity contribution in [3.05, 3.63) is 95.8 Å². The maximum atomic E-state index is 2.46. The molecule has 0 radical (unpaired) electrons. The van der Waals surface area contributed by atoms with Gasteiger partial charge in [0.2, 0.25) is 5.69 Å². The molecule has 2 nitrogen and oxygen atoms in total. The molecule has 144 valence electrons. The van der Waals surface area contributed by atoms with Gasteiger partial charge in [-0.25, -0.2) is 0 Å². The molecule has 0 fully saturated rings. The predicted molar refractivity (Wildman–Crippen MR) is 124 cm³/mol. The van der Waals surface area contributed by atoms with Crippen LogP contribution in [0.3, 0.4) is 0 Å².